The fourth-order valence-corrected chi connectivity index (χ4v) is 4.21. The molecule has 2 rings (SSSR count). The summed E-state index contributed by atoms with van der Waals surface area (Å²) in [6.07, 6.45) is -3.61. The van der Waals surface area contributed by atoms with E-state index in [4.69, 9.17) is 15.6 Å². The summed E-state index contributed by atoms with van der Waals surface area (Å²) in [4.78, 5) is 21.5. The van der Waals surface area contributed by atoms with Gasteiger partial charge in [0.1, 0.15) is 10.6 Å². The summed E-state index contributed by atoms with van der Waals surface area (Å²) in [5.74, 6) is -3.08. The van der Waals surface area contributed by atoms with Gasteiger partial charge in [-0.05, 0) is 17.2 Å². The van der Waals surface area contributed by atoms with Crippen LogP contribution < -0.4 is 11.1 Å². The van der Waals surface area contributed by atoms with E-state index in [-0.39, 0.29) is 10.8 Å². The number of aromatic nitrogens is 1. The number of aryl methyl sites for hydroxylation is 1. The van der Waals surface area contributed by atoms with Crippen molar-refractivity contribution in [3.8, 4) is 0 Å². The number of hydrogen-bond acceptors (Lipinski definition) is 5. The summed E-state index contributed by atoms with van der Waals surface area (Å²) < 4.78 is 59.8. The van der Waals surface area contributed by atoms with Gasteiger partial charge in [-0.1, -0.05) is 38.1 Å². The average Bonchev–Trinajstić information content (AvgIpc) is 3.15. The highest BCUT2D eigenvalue weighted by molar-refractivity contribution is 7.89. The number of carboxylic acid groups (broad SMARTS) is 1. The highest BCUT2D eigenvalue weighted by Gasteiger charge is 2.38. The Morgan fingerprint density at radius 2 is 1.61 bits per heavy atom. The van der Waals surface area contributed by atoms with Crippen molar-refractivity contribution in [2.45, 2.75) is 38.0 Å². The number of benzene rings is 1. The Labute approximate surface area is 190 Å². The van der Waals surface area contributed by atoms with Crippen LogP contribution in [0.15, 0.2) is 41.4 Å². The maximum absolute atomic E-state index is 12.6. The van der Waals surface area contributed by atoms with Gasteiger partial charge in [-0.25, -0.2) is 13.2 Å². The van der Waals surface area contributed by atoms with Crippen LogP contribution in [0.4, 0.5) is 13.2 Å². The Bertz CT molecular complexity index is 1050. The lowest BCUT2D eigenvalue weighted by Gasteiger charge is -2.17. The second-order valence-electron chi connectivity index (χ2n) is 6.77. The van der Waals surface area contributed by atoms with Crippen molar-refractivity contribution in [2.24, 2.45) is 12.8 Å². The second kappa shape index (κ2) is 11.8. The first-order valence-corrected chi connectivity index (χ1v) is 11.2. The molecule has 1 amide bonds. The number of halogens is 3. The molecule has 0 bridgehead atoms. The number of aliphatic carboxylic acids is 1. The first kappa shape index (κ1) is 28.1. The summed E-state index contributed by atoms with van der Waals surface area (Å²) in [5.41, 5.74) is 7.84. The first-order chi connectivity index (χ1) is 15.3. The largest absolute Gasteiger partial charge is 0.490 e. The average molecular weight is 493 g/mol. The third kappa shape index (κ3) is 7.87. The molecule has 2 aromatic rings. The molecule has 0 unspecified atom stereocenters. The fourth-order valence-electron chi connectivity index (χ4n) is 2.68. The van der Waals surface area contributed by atoms with Crippen LogP contribution >= 0.6 is 0 Å². The number of carbonyl (C=O) groups excluding carboxylic acids is 1. The van der Waals surface area contributed by atoms with Crippen LogP contribution in [0.25, 0.3) is 0 Å². The SMILES string of the molecule is CCN(CC)S(=O)(=O)c1cc(C(=O)NCc2ccc(CN)cc2)n(C)c1.O=C(O)C(F)(F)F. The molecule has 33 heavy (non-hydrogen) atoms. The van der Waals surface area contributed by atoms with Crippen LogP contribution in [0.1, 0.15) is 35.5 Å². The highest BCUT2D eigenvalue weighted by atomic mass is 32.2. The van der Waals surface area contributed by atoms with E-state index in [1.54, 1.807) is 20.9 Å². The summed E-state index contributed by atoms with van der Waals surface area (Å²) in [6.45, 7) is 5.16. The number of rotatable bonds is 8. The molecule has 0 radical (unpaired) electrons. The lowest BCUT2D eigenvalue weighted by Crippen LogP contribution is -2.30. The summed E-state index contributed by atoms with van der Waals surface area (Å²) in [6, 6.07) is 9.06. The van der Waals surface area contributed by atoms with Gasteiger partial charge in [0.05, 0.1) is 0 Å². The molecule has 4 N–H and O–H groups in total. The lowest BCUT2D eigenvalue weighted by molar-refractivity contribution is -0.192. The third-order valence-corrected chi connectivity index (χ3v) is 6.53. The summed E-state index contributed by atoms with van der Waals surface area (Å²) in [7, 11) is -1.93. The molecule has 0 fully saturated rings. The molecule has 184 valence electrons. The number of amides is 1. The minimum absolute atomic E-state index is 0.126. The number of alkyl halides is 3. The predicted octanol–water partition coefficient (Wildman–Crippen LogP) is 2.08. The van der Waals surface area contributed by atoms with Gasteiger partial charge < -0.3 is 20.7 Å². The van der Waals surface area contributed by atoms with E-state index in [0.29, 0.717) is 31.9 Å². The van der Waals surface area contributed by atoms with Crippen molar-refractivity contribution in [1.29, 1.82) is 0 Å². The molecule has 0 aliphatic rings. The Kier molecular flexibility index (Phi) is 10.1. The van der Waals surface area contributed by atoms with E-state index in [0.717, 1.165) is 11.1 Å². The number of nitrogens with zero attached hydrogens (tertiary/aromatic N) is 2. The van der Waals surface area contributed by atoms with Crippen LogP contribution in [0.3, 0.4) is 0 Å². The molecule has 0 aliphatic carbocycles. The molecular formula is C20H27F3N4O5S. The van der Waals surface area contributed by atoms with Crippen molar-refractivity contribution in [3.05, 3.63) is 53.3 Å². The number of carbonyl (C=O) groups is 2. The molecule has 0 atom stereocenters. The zero-order valence-electron chi connectivity index (χ0n) is 18.4. The van der Waals surface area contributed by atoms with Crippen molar-refractivity contribution in [2.75, 3.05) is 13.1 Å². The maximum atomic E-state index is 12.6. The Morgan fingerprint density at radius 1 is 1.12 bits per heavy atom. The van der Waals surface area contributed by atoms with Crippen molar-refractivity contribution < 1.29 is 36.3 Å². The van der Waals surface area contributed by atoms with Gasteiger partial charge in [-0.15, -0.1) is 0 Å². The summed E-state index contributed by atoms with van der Waals surface area (Å²) >= 11 is 0. The number of hydrogen-bond donors (Lipinski definition) is 3. The summed E-state index contributed by atoms with van der Waals surface area (Å²) in [5, 5.41) is 9.94. The van der Waals surface area contributed by atoms with Gasteiger partial charge in [0.2, 0.25) is 10.0 Å². The molecule has 0 saturated heterocycles. The Balaban J connectivity index is 0.000000675. The normalized spacial score (nSPS) is 11.6. The quantitative estimate of drug-likeness (QED) is 0.517. The van der Waals surface area contributed by atoms with Crippen molar-refractivity contribution in [1.82, 2.24) is 14.2 Å². The highest BCUT2D eigenvalue weighted by Crippen LogP contribution is 2.18. The van der Waals surface area contributed by atoms with Gasteiger partial charge in [0.25, 0.3) is 5.91 Å². The van der Waals surface area contributed by atoms with Crippen LogP contribution in [0, 0.1) is 0 Å². The van der Waals surface area contributed by atoms with E-state index >= 15 is 0 Å². The van der Waals surface area contributed by atoms with Crippen molar-refractivity contribution in [3.63, 3.8) is 0 Å². The third-order valence-electron chi connectivity index (χ3n) is 4.51. The fraction of sp³-hybridized carbons (Fsp3) is 0.400. The van der Waals surface area contributed by atoms with Crippen LogP contribution in [-0.2, 0) is 35.0 Å². The smallest absolute Gasteiger partial charge is 0.475 e. The number of sulfonamides is 1. The van der Waals surface area contributed by atoms with E-state index < -0.39 is 22.2 Å². The minimum Gasteiger partial charge on any atom is -0.475 e. The number of carboxylic acids is 1. The second-order valence-corrected chi connectivity index (χ2v) is 8.71. The minimum atomic E-state index is -5.08. The van der Waals surface area contributed by atoms with Gasteiger partial charge in [-0.3, -0.25) is 4.79 Å². The molecule has 0 aliphatic heterocycles. The first-order valence-electron chi connectivity index (χ1n) is 9.80. The van der Waals surface area contributed by atoms with E-state index in [2.05, 4.69) is 5.32 Å². The lowest BCUT2D eigenvalue weighted by atomic mass is 10.1. The van der Waals surface area contributed by atoms with Gasteiger partial charge in [-0.2, -0.15) is 17.5 Å². The molecule has 1 aromatic carbocycles. The maximum Gasteiger partial charge on any atom is 0.490 e. The number of nitrogens with one attached hydrogen (secondary N) is 1. The molecule has 1 heterocycles. The Hall–Kier alpha value is -2.90. The van der Waals surface area contributed by atoms with Crippen molar-refractivity contribution >= 4 is 21.9 Å². The monoisotopic (exact) mass is 492 g/mol. The van der Waals surface area contributed by atoms with Crippen LogP contribution in [0.5, 0.6) is 0 Å². The molecule has 9 nitrogen and oxygen atoms in total. The molecular weight excluding hydrogens is 465 g/mol. The van der Waals surface area contributed by atoms with E-state index in [1.807, 2.05) is 24.3 Å². The molecule has 0 saturated carbocycles. The zero-order valence-corrected chi connectivity index (χ0v) is 19.2. The predicted molar refractivity (Wildman–Crippen MR) is 115 cm³/mol. The van der Waals surface area contributed by atoms with Crippen LogP contribution in [-0.4, -0.2) is 53.5 Å². The topological polar surface area (TPSA) is 135 Å². The van der Waals surface area contributed by atoms with Gasteiger partial charge >= 0.3 is 12.1 Å². The van der Waals surface area contributed by atoms with Gasteiger partial charge in [0.15, 0.2) is 0 Å². The zero-order chi connectivity index (χ0) is 25.4. The van der Waals surface area contributed by atoms with Gasteiger partial charge in [0, 0.05) is 39.4 Å². The molecule has 13 heteroatoms. The molecule has 0 spiro atoms. The molecule has 1 aromatic heterocycles. The van der Waals surface area contributed by atoms with E-state index in [1.165, 1.54) is 21.1 Å². The van der Waals surface area contributed by atoms with E-state index in [9.17, 15) is 26.4 Å². The van der Waals surface area contributed by atoms with Crippen LogP contribution in [0.2, 0.25) is 0 Å². The number of nitrogens with two attached hydrogens (primary N) is 1. The standard InChI is InChI=1S/C18H26N4O3S.C2HF3O2/c1-4-22(5-2)26(24,25)16-10-17(21(3)13-16)18(23)20-12-15-8-6-14(11-19)7-9-15;3-2(4,5)1(6)7/h6-10,13H,4-5,11-12,19H2,1-3H3,(H,20,23);(H,6,7). The Morgan fingerprint density at radius 3 is 2.03 bits per heavy atom.